The van der Waals surface area contributed by atoms with E-state index in [4.69, 9.17) is 34.7 Å². The lowest BCUT2D eigenvalue weighted by Crippen LogP contribution is -2.36. The molecule has 60 valence electrons. The third-order valence-electron chi connectivity index (χ3n) is 1.06. The van der Waals surface area contributed by atoms with Crippen molar-refractivity contribution >= 4 is 29.0 Å². The summed E-state index contributed by atoms with van der Waals surface area (Å²) in [6.07, 6.45) is 0.425. The number of carbonyl (C=O) groups excluding carboxylic acids is 1. The maximum absolute atomic E-state index is 10.8. The van der Waals surface area contributed by atoms with Crippen LogP contribution in [0, 0.1) is 0 Å². The van der Waals surface area contributed by atoms with Gasteiger partial charge in [0.1, 0.15) is 0 Å². The third-order valence-corrected chi connectivity index (χ3v) is 1.49. The number of ketones is 1. The molecule has 0 heterocycles. The topological polar surface area (TPSA) is 69.1 Å². The first kappa shape index (κ1) is 10.2. The van der Waals surface area contributed by atoms with Gasteiger partial charge >= 0.3 is 0 Å². The molecule has 1 unspecified atom stereocenters. The second kappa shape index (κ2) is 4.91. The second-order valence-electron chi connectivity index (χ2n) is 1.89. The van der Waals surface area contributed by atoms with E-state index in [9.17, 15) is 4.79 Å². The van der Waals surface area contributed by atoms with Crippen LogP contribution < -0.4 is 11.5 Å². The lowest BCUT2D eigenvalue weighted by molar-refractivity contribution is -0.118. The van der Waals surface area contributed by atoms with Crippen molar-refractivity contribution in [1.29, 1.82) is 0 Å². The van der Waals surface area contributed by atoms with Crippen LogP contribution in [0.4, 0.5) is 0 Å². The summed E-state index contributed by atoms with van der Waals surface area (Å²) < 4.78 is 0. The Morgan fingerprint density at radius 1 is 1.50 bits per heavy atom. The number of nitrogens with two attached hydrogens (primary N) is 2. The average molecular weight is 185 g/mol. The zero-order valence-corrected chi connectivity index (χ0v) is 6.90. The number of halogens is 2. The van der Waals surface area contributed by atoms with Gasteiger partial charge in [0.25, 0.3) is 0 Å². The summed E-state index contributed by atoms with van der Waals surface area (Å²) in [5.41, 5.74) is 10.5. The molecule has 0 amide bonds. The summed E-state index contributed by atoms with van der Waals surface area (Å²) in [6, 6.07) is -0.620. The summed E-state index contributed by atoms with van der Waals surface area (Å²) in [7, 11) is 0. The van der Waals surface area contributed by atoms with Gasteiger partial charge in [-0.25, -0.2) is 0 Å². The van der Waals surface area contributed by atoms with Gasteiger partial charge < -0.3 is 11.5 Å². The summed E-state index contributed by atoms with van der Waals surface area (Å²) in [4.78, 5) is 9.76. The lowest BCUT2D eigenvalue weighted by Gasteiger charge is -2.08. The largest absolute Gasteiger partial charge is 0.330 e. The number of carbonyl (C=O) groups is 1. The smallest absolute Gasteiger partial charge is 0.182 e. The molecule has 0 rings (SSSR count). The predicted octanol–water partition coefficient (Wildman–Crippen LogP) is 0.0353. The fourth-order valence-corrected chi connectivity index (χ4v) is 0.807. The van der Waals surface area contributed by atoms with E-state index in [1.165, 1.54) is 0 Å². The molecular weight excluding hydrogens is 175 g/mol. The molecule has 5 heteroatoms. The van der Waals surface area contributed by atoms with Gasteiger partial charge in [-0.1, -0.05) is 23.2 Å². The van der Waals surface area contributed by atoms with Crippen molar-refractivity contribution in [1.82, 2.24) is 0 Å². The first-order valence-corrected chi connectivity index (χ1v) is 3.74. The number of hydrogen-bond donors (Lipinski definition) is 2. The summed E-state index contributed by atoms with van der Waals surface area (Å²) >= 11 is 10.5. The van der Waals surface area contributed by atoms with Crippen LogP contribution in [-0.4, -0.2) is 23.2 Å². The SMILES string of the molecule is NCCC(N)C(=O)C(Cl)Cl. The van der Waals surface area contributed by atoms with Crippen LogP contribution in [0.3, 0.4) is 0 Å². The van der Waals surface area contributed by atoms with Gasteiger partial charge in [0.15, 0.2) is 10.6 Å². The summed E-state index contributed by atoms with van der Waals surface area (Å²) in [6.45, 7) is 0.368. The highest BCUT2D eigenvalue weighted by molar-refractivity contribution is 6.54. The monoisotopic (exact) mass is 184 g/mol. The average Bonchev–Trinajstić information content (AvgIpc) is 1.87. The van der Waals surface area contributed by atoms with E-state index in [-0.39, 0.29) is 5.78 Å². The lowest BCUT2D eigenvalue weighted by atomic mass is 10.1. The molecule has 0 aromatic rings. The number of alkyl halides is 2. The second-order valence-corrected chi connectivity index (χ2v) is 2.98. The van der Waals surface area contributed by atoms with E-state index < -0.39 is 10.9 Å². The van der Waals surface area contributed by atoms with Crippen molar-refractivity contribution in [2.45, 2.75) is 17.3 Å². The summed E-state index contributed by atoms with van der Waals surface area (Å²) in [5.74, 6) is -0.367. The standard InChI is InChI=1S/C5H10Cl2N2O/c6-5(7)4(10)3(9)1-2-8/h3,5H,1-2,8-9H2. The van der Waals surface area contributed by atoms with E-state index in [0.717, 1.165) is 0 Å². The Bertz CT molecular complexity index is 118. The van der Waals surface area contributed by atoms with E-state index >= 15 is 0 Å². The Balaban J connectivity index is 3.71. The van der Waals surface area contributed by atoms with Crippen LogP contribution in [0.2, 0.25) is 0 Å². The molecule has 0 spiro atoms. The van der Waals surface area contributed by atoms with E-state index in [1.807, 2.05) is 0 Å². The minimum absolute atomic E-state index is 0.367. The highest BCUT2D eigenvalue weighted by Gasteiger charge is 2.18. The highest BCUT2D eigenvalue weighted by Crippen LogP contribution is 2.05. The molecule has 4 N–H and O–H groups in total. The maximum Gasteiger partial charge on any atom is 0.182 e. The van der Waals surface area contributed by atoms with Gasteiger partial charge in [0.05, 0.1) is 6.04 Å². The molecule has 0 aliphatic heterocycles. The van der Waals surface area contributed by atoms with Crippen LogP contribution in [0.5, 0.6) is 0 Å². The zero-order valence-electron chi connectivity index (χ0n) is 5.39. The van der Waals surface area contributed by atoms with Crippen molar-refractivity contribution in [3.63, 3.8) is 0 Å². The van der Waals surface area contributed by atoms with Gasteiger partial charge in [-0.15, -0.1) is 0 Å². The van der Waals surface area contributed by atoms with Gasteiger partial charge in [-0.2, -0.15) is 0 Å². The Morgan fingerprint density at radius 3 is 2.30 bits per heavy atom. The van der Waals surface area contributed by atoms with E-state index in [1.54, 1.807) is 0 Å². The van der Waals surface area contributed by atoms with Gasteiger partial charge in [-0.3, -0.25) is 4.79 Å². The van der Waals surface area contributed by atoms with E-state index in [2.05, 4.69) is 0 Å². The molecule has 0 fully saturated rings. The molecular formula is C5H10Cl2N2O. The fourth-order valence-electron chi connectivity index (χ4n) is 0.484. The van der Waals surface area contributed by atoms with Crippen LogP contribution in [0.1, 0.15) is 6.42 Å². The Labute approximate surface area is 69.6 Å². The molecule has 1 atom stereocenters. The van der Waals surface area contributed by atoms with Gasteiger partial charge in [0.2, 0.25) is 0 Å². The van der Waals surface area contributed by atoms with Gasteiger partial charge in [0, 0.05) is 0 Å². The molecule has 10 heavy (non-hydrogen) atoms. The minimum atomic E-state index is -1.03. The molecule has 0 aromatic heterocycles. The molecule has 0 aliphatic carbocycles. The first-order chi connectivity index (χ1) is 4.59. The van der Waals surface area contributed by atoms with Crippen molar-refractivity contribution in [3.05, 3.63) is 0 Å². The summed E-state index contributed by atoms with van der Waals surface area (Å²) in [5, 5.41) is 0. The molecule has 0 saturated carbocycles. The van der Waals surface area contributed by atoms with Crippen LogP contribution >= 0.6 is 23.2 Å². The Kier molecular flexibility index (Phi) is 4.99. The minimum Gasteiger partial charge on any atom is -0.330 e. The normalized spacial score (nSPS) is 13.7. The first-order valence-electron chi connectivity index (χ1n) is 2.87. The molecule has 0 bridgehead atoms. The van der Waals surface area contributed by atoms with Crippen molar-refractivity contribution < 1.29 is 4.79 Å². The van der Waals surface area contributed by atoms with E-state index in [0.29, 0.717) is 13.0 Å². The van der Waals surface area contributed by atoms with Gasteiger partial charge in [-0.05, 0) is 13.0 Å². The van der Waals surface area contributed by atoms with Crippen LogP contribution in [0.25, 0.3) is 0 Å². The maximum atomic E-state index is 10.8. The van der Waals surface area contributed by atoms with Crippen molar-refractivity contribution in [3.8, 4) is 0 Å². The number of rotatable bonds is 4. The van der Waals surface area contributed by atoms with Crippen molar-refractivity contribution in [2.75, 3.05) is 6.54 Å². The number of Topliss-reactive ketones (excluding diaryl/α,β-unsaturated/α-hetero) is 1. The number of hydrogen-bond acceptors (Lipinski definition) is 3. The van der Waals surface area contributed by atoms with Crippen molar-refractivity contribution in [2.24, 2.45) is 11.5 Å². The van der Waals surface area contributed by atoms with Crippen LogP contribution in [0.15, 0.2) is 0 Å². The van der Waals surface area contributed by atoms with Crippen LogP contribution in [-0.2, 0) is 4.79 Å². The molecule has 0 aliphatic rings. The fraction of sp³-hybridized carbons (Fsp3) is 0.800. The molecule has 0 saturated heterocycles. The highest BCUT2D eigenvalue weighted by atomic mass is 35.5. The molecule has 0 aromatic carbocycles. The predicted molar refractivity (Wildman–Crippen MR) is 42.1 cm³/mol. The Morgan fingerprint density at radius 2 is 2.00 bits per heavy atom. The zero-order chi connectivity index (χ0) is 8.15. The molecule has 0 radical (unpaired) electrons. The third kappa shape index (κ3) is 3.37. The Hall–Kier alpha value is 0.170. The quantitative estimate of drug-likeness (QED) is 0.607. The molecule has 3 nitrogen and oxygen atoms in total.